The third-order valence-electron chi connectivity index (χ3n) is 4.51. The molecule has 0 aromatic carbocycles. The molecule has 0 fully saturated rings. The quantitative estimate of drug-likeness (QED) is 0.697. The molecule has 90 valence electrons. The fourth-order valence-corrected chi connectivity index (χ4v) is 4.01. The predicted molar refractivity (Wildman–Crippen MR) is 74.9 cm³/mol. The Labute approximate surface area is 101 Å². The second kappa shape index (κ2) is 5.03. The van der Waals surface area contributed by atoms with Crippen LogP contribution in [0, 0.1) is 0 Å². The Kier molecular flexibility index (Phi) is 4.18. The monoisotopic (exact) mass is 218 g/mol. The highest BCUT2D eigenvalue weighted by atomic mass is 14.7. The van der Waals surface area contributed by atoms with E-state index in [0.29, 0.717) is 17.5 Å². The van der Waals surface area contributed by atoms with Gasteiger partial charge in [0.1, 0.15) is 0 Å². The van der Waals surface area contributed by atoms with E-state index in [-0.39, 0.29) is 0 Å². The van der Waals surface area contributed by atoms with E-state index in [2.05, 4.69) is 58.7 Å². The zero-order valence-corrected chi connectivity index (χ0v) is 11.6. The fraction of sp³-hybridized carbons (Fsp3) is 0.643. The second-order valence-corrected chi connectivity index (χ2v) is 6.06. The molecule has 0 amide bonds. The van der Waals surface area contributed by atoms with Crippen LogP contribution >= 0.6 is 0 Å². The van der Waals surface area contributed by atoms with Gasteiger partial charge in [-0.3, -0.25) is 0 Å². The molecule has 0 saturated heterocycles. The molecule has 0 atom stereocenters. The van der Waals surface area contributed by atoms with Crippen LogP contribution < -0.4 is 5.59 Å². The molecular weight excluding hydrogens is 193 g/mol. The van der Waals surface area contributed by atoms with Crippen molar-refractivity contribution in [3.8, 4) is 0 Å². The Balaban J connectivity index is 3.34. The minimum atomic E-state index is -0.582. The maximum atomic E-state index is 4.64. The first kappa shape index (κ1) is 13.3. The van der Waals surface area contributed by atoms with Crippen LogP contribution in [0.5, 0.6) is 0 Å². The van der Waals surface area contributed by atoms with Gasteiger partial charge in [-0.25, -0.2) is 0 Å². The summed E-state index contributed by atoms with van der Waals surface area (Å²) < 4.78 is 0. The zero-order chi connectivity index (χ0) is 12.3. The molecule has 0 aliphatic carbocycles. The van der Waals surface area contributed by atoms with Gasteiger partial charge in [-0.05, 0) is 6.07 Å². The van der Waals surface area contributed by atoms with Gasteiger partial charge < -0.3 is 4.98 Å². The molecule has 2 heteroatoms. The molecule has 0 N–H and O–H groups in total. The molecule has 0 unspecified atom stereocenters. The number of rotatable bonds is 4. The maximum absolute atomic E-state index is 4.64. The first-order valence-electron chi connectivity index (χ1n) is 6.52. The molecule has 0 aliphatic rings. The van der Waals surface area contributed by atoms with Crippen LogP contribution in [0.15, 0.2) is 24.4 Å². The van der Waals surface area contributed by atoms with Gasteiger partial charge in [0.25, 0.3) is 0 Å². The van der Waals surface area contributed by atoms with Crippen LogP contribution in [0.1, 0.15) is 41.5 Å². The highest BCUT2D eigenvalue weighted by molar-refractivity contribution is 6.94. The minimum absolute atomic E-state index is 0.582. The summed E-state index contributed by atoms with van der Waals surface area (Å²) in [6.07, 6.45) is 1.35. The van der Waals surface area contributed by atoms with Crippen molar-refractivity contribution >= 4 is 11.7 Å². The lowest BCUT2D eigenvalue weighted by Gasteiger charge is -2.51. The molecule has 1 heterocycles. The molecule has 0 radical (unpaired) electrons. The summed E-state index contributed by atoms with van der Waals surface area (Å²) in [5, 5.41) is 0. The van der Waals surface area contributed by atoms with Crippen LogP contribution in [0.4, 0.5) is 0 Å². The largest absolute Gasteiger partial charge is 0.303 e. The van der Waals surface area contributed by atoms with Gasteiger partial charge in [0.15, 0.2) is 0 Å². The van der Waals surface area contributed by atoms with E-state index in [4.69, 9.17) is 0 Å². The molecule has 0 aliphatic heterocycles. The third kappa shape index (κ3) is 2.02. The standard InChI is InChI=1S/C14H25BN/c1-11(2)15(12(3)4,13(5)6)14-9-7-8-10-16-14/h7-13H,1-6H3/q-1. The molecule has 16 heavy (non-hydrogen) atoms. The lowest BCUT2D eigenvalue weighted by molar-refractivity contribution is 0.830. The summed E-state index contributed by atoms with van der Waals surface area (Å²) in [5.74, 6) is 1.99. The van der Waals surface area contributed by atoms with Gasteiger partial charge in [-0.15, -0.1) is 5.59 Å². The Morgan fingerprint density at radius 3 is 1.69 bits per heavy atom. The van der Waals surface area contributed by atoms with E-state index in [9.17, 15) is 0 Å². The molecule has 1 aromatic heterocycles. The first-order chi connectivity index (χ1) is 7.44. The van der Waals surface area contributed by atoms with E-state index in [1.165, 1.54) is 5.59 Å². The third-order valence-corrected chi connectivity index (χ3v) is 4.51. The van der Waals surface area contributed by atoms with Crippen molar-refractivity contribution in [1.82, 2.24) is 4.98 Å². The van der Waals surface area contributed by atoms with Crippen molar-refractivity contribution in [2.75, 3.05) is 0 Å². The zero-order valence-electron chi connectivity index (χ0n) is 11.6. The highest BCUT2D eigenvalue weighted by Crippen LogP contribution is 2.40. The Morgan fingerprint density at radius 2 is 1.38 bits per heavy atom. The van der Waals surface area contributed by atoms with Gasteiger partial charge in [0.05, 0.1) is 6.15 Å². The predicted octanol–water partition coefficient (Wildman–Crippen LogP) is 3.97. The van der Waals surface area contributed by atoms with Crippen LogP contribution in [0.3, 0.4) is 0 Å². The molecule has 1 nitrogen and oxygen atoms in total. The summed E-state index contributed by atoms with van der Waals surface area (Å²) in [5.41, 5.74) is 1.31. The van der Waals surface area contributed by atoms with Gasteiger partial charge in [0, 0.05) is 6.20 Å². The van der Waals surface area contributed by atoms with Gasteiger partial charge in [0.2, 0.25) is 0 Å². The lowest BCUT2D eigenvalue weighted by atomic mass is 9.08. The first-order valence-corrected chi connectivity index (χ1v) is 6.52. The van der Waals surface area contributed by atoms with Crippen molar-refractivity contribution in [3.63, 3.8) is 0 Å². The Morgan fingerprint density at radius 1 is 0.875 bits per heavy atom. The summed E-state index contributed by atoms with van der Waals surface area (Å²) in [6.45, 7) is 14.1. The van der Waals surface area contributed by atoms with Crippen LogP contribution in [-0.4, -0.2) is 11.1 Å². The lowest BCUT2D eigenvalue weighted by Crippen LogP contribution is -2.56. The number of pyridine rings is 1. The van der Waals surface area contributed by atoms with E-state index in [1.807, 2.05) is 12.3 Å². The van der Waals surface area contributed by atoms with Gasteiger partial charge >= 0.3 is 0 Å². The summed E-state index contributed by atoms with van der Waals surface area (Å²) >= 11 is 0. The Bertz CT molecular complexity index is 295. The SMILES string of the molecule is CC(C)[B-](c1ccccn1)(C(C)C)C(C)C. The van der Waals surface area contributed by atoms with Crippen LogP contribution in [0.2, 0.25) is 17.5 Å². The summed E-state index contributed by atoms with van der Waals surface area (Å²) in [7, 11) is 0. The summed E-state index contributed by atoms with van der Waals surface area (Å²) in [4.78, 5) is 4.64. The Hall–Kier alpha value is -0.785. The number of hydrogen-bond donors (Lipinski definition) is 0. The molecular formula is C14H25BN-. The van der Waals surface area contributed by atoms with E-state index in [1.54, 1.807) is 0 Å². The van der Waals surface area contributed by atoms with E-state index in [0.717, 1.165) is 0 Å². The number of aromatic nitrogens is 1. The van der Waals surface area contributed by atoms with Crippen molar-refractivity contribution in [2.45, 2.75) is 59.0 Å². The molecule has 1 rings (SSSR count). The molecule has 1 aromatic rings. The summed E-state index contributed by atoms with van der Waals surface area (Å²) in [6, 6.07) is 6.33. The highest BCUT2D eigenvalue weighted by Gasteiger charge is 2.36. The number of hydrogen-bond acceptors (Lipinski definition) is 1. The van der Waals surface area contributed by atoms with Crippen LogP contribution in [-0.2, 0) is 0 Å². The van der Waals surface area contributed by atoms with Crippen molar-refractivity contribution in [2.24, 2.45) is 0 Å². The average Bonchev–Trinajstić information content (AvgIpc) is 2.18. The second-order valence-electron chi connectivity index (χ2n) is 6.06. The smallest absolute Gasteiger partial charge is 0.0564 e. The van der Waals surface area contributed by atoms with Crippen LogP contribution in [0.25, 0.3) is 0 Å². The average molecular weight is 218 g/mol. The number of nitrogens with zero attached hydrogens (tertiary/aromatic N) is 1. The maximum Gasteiger partial charge on any atom is 0.0564 e. The molecule has 0 spiro atoms. The van der Waals surface area contributed by atoms with Crippen molar-refractivity contribution in [3.05, 3.63) is 24.4 Å². The van der Waals surface area contributed by atoms with E-state index >= 15 is 0 Å². The molecule has 0 saturated carbocycles. The van der Waals surface area contributed by atoms with Gasteiger partial charge in [-0.2, -0.15) is 17.5 Å². The molecule has 0 bridgehead atoms. The normalized spacial score (nSPS) is 12.8. The van der Waals surface area contributed by atoms with Crippen molar-refractivity contribution in [1.29, 1.82) is 0 Å². The van der Waals surface area contributed by atoms with E-state index < -0.39 is 6.15 Å². The van der Waals surface area contributed by atoms with Gasteiger partial charge in [-0.1, -0.05) is 53.7 Å². The minimum Gasteiger partial charge on any atom is -0.303 e. The van der Waals surface area contributed by atoms with Crippen molar-refractivity contribution < 1.29 is 0 Å². The topological polar surface area (TPSA) is 12.9 Å². The fourth-order valence-electron chi connectivity index (χ4n) is 4.01.